The number of aromatic nitrogens is 1. The van der Waals surface area contributed by atoms with Gasteiger partial charge in [0.05, 0.1) is 5.56 Å². The van der Waals surface area contributed by atoms with Crippen molar-refractivity contribution in [2.75, 3.05) is 11.9 Å². The Morgan fingerprint density at radius 3 is 2.76 bits per heavy atom. The van der Waals surface area contributed by atoms with Crippen LogP contribution in [0.4, 0.5) is 5.69 Å². The van der Waals surface area contributed by atoms with Crippen molar-refractivity contribution < 1.29 is 14.3 Å². The minimum Gasteiger partial charge on any atom is -0.484 e. The third kappa shape index (κ3) is 4.57. The number of nitrogens with zero attached hydrogens (tertiary/aromatic N) is 1. The fourth-order valence-electron chi connectivity index (χ4n) is 1.53. The first-order valence-corrected chi connectivity index (χ1v) is 6.78. The van der Waals surface area contributed by atoms with Crippen LogP contribution in [0.5, 0.6) is 5.75 Å². The molecule has 108 valence electrons. The average Bonchev–Trinajstić information content (AvgIpc) is 2.46. The predicted octanol–water partition coefficient (Wildman–Crippen LogP) is 1.96. The van der Waals surface area contributed by atoms with E-state index >= 15 is 0 Å². The van der Waals surface area contributed by atoms with Crippen molar-refractivity contribution in [2.24, 2.45) is 5.73 Å². The number of pyridine rings is 1. The van der Waals surface area contributed by atoms with Crippen LogP contribution in [-0.4, -0.2) is 23.4 Å². The summed E-state index contributed by atoms with van der Waals surface area (Å²) in [5.74, 6) is -0.409. The summed E-state index contributed by atoms with van der Waals surface area (Å²) in [5, 5.41) is 2.72. The summed E-state index contributed by atoms with van der Waals surface area (Å²) < 4.78 is 5.82. The van der Waals surface area contributed by atoms with Crippen molar-refractivity contribution in [1.82, 2.24) is 4.98 Å². The molecule has 2 aromatic rings. The normalized spacial score (nSPS) is 9.95. The summed E-state index contributed by atoms with van der Waals surface area (Å²) >= 11 is 3.20. The lowest BCUT2D eigenvalue weighted by molar-refractivity contribution is -0.119. The van der Waals surface area contributed by atoms with E-state index in [2.05, 4.69) is 26.2 Å². The molecule has 0 spiro atoms. The zero-order valence-electron chi connectivity index (χ0n) is 10.9. The van der Waals surface area contributed by atoms with Gasteiger partial charge in [-0.2, -0.15) is 0 Å². The topological polar surface area (TPSA) is 94.3 Å². The van der Waals surface area contributed by atoms with Crippen molar-refractivity contribution in [3.8, 4) is 5.75 Å². The molecule has 3 N–H and O–H groups in total. The smallest absolute Gasteiger partial charge is 0.257 e. The number of hydrogen-bond donors (Lipinski definition) is 2. The molecular weight excluding hydrogens is 338 g/mol. The third-order valence-electron chi connectivity index (χ3n) is 2.46. The maximum atomic E-state index is 12.0. The lowest BCUT2D eigenvalue weighted by atomic mass is 10.2. The van der Waals surface area contributed by atoms with Gasteiger partial charge in [-0.25, -0.2) is 4.98 Å². The Labute approximate surface area is 129 Å². The van der Waals surface area contributed by atoms with Crippen LogP contribution < -0.4 is 15.8 Å². The predicted molar refractivity (Wildman–Crippen MR) is 81.0 cm³/mol. The summed E-state index contributed by atoms with van der Waals surface area (Å²) in [5.41, 5.74) is 5.98. The molecule has 0 unspecified atom stereocenters. The van der Waals surface area contributed by atoms with Crippen molar-refractivity contribution in [1.29, 1.82) is 0 Å². The standard InChI is InChI=1S/C14H12BrN3O3/c15-12-5-4-9(7-17-12)14(20)18-10-2-1-3-11(6-10)21-8-13(16)19/h1-7H,8H2,(H2,16,19)(H,18,20). The molecule has 1 heterocycles. The third-order valence-corrected chi connectivity index (χ3v) is 2.93. The maximum Gasteiger partial charge on any atom is 0.257 e. The van der Waals surface area contributed by atoms with Gasteiger partial charge >= 0.3 is 0 Å². The van der Waals surface area contributed by atoms with Crippen molar-refractivity contribution in [3.05, 3.63) is 52.8 Å². The Hall–Kier alpha value is -2.41. The Kier molecular flexibility index (Phi) is 4.89. The van der Waals surface area contributed by atoms with Gasteiger partial charge in [0.25, 0.3) is 11.8 Å². The fraction of sp³-hybridized carbons (Fsp3) is 0.0714. The van der Waals surface area contributed by atoms with Gasteiger partial charge in [0.2, 0.25) is 0 Å². The van der Waals surface area contributed by atoms with Gasteiger partial charge in [0.15, 0.2) is 6.61 Å². The SMILES string of the molecule is NC(=O)COc1cccc(NC(=O)c2ccc(Br)nc2)c1. The number of hydrogen-bond acceptors (Lipinski definition) is 4. The van der Waals surface area contributed by atoms with Crippen molar-refractivity contribution in [2.45, 2.75) is 0 Å². The van der Waals surface area contributed by atoms with Crippen LogP contribution in [0.3, 0.4) is 0 Å². The van der Waals surface area contributed by atoms with Crippen molar-refractivity contribution in [3.63, 3.8) is 0 Å². The number of nitrogens with two attached hydrogens (primary N) is 1. The molecule has 0 aliphatic carbocycles. The van der Waals surface area contributed by atoms with Gasteiger partial charge in [-0.1, -0.05) is 6.07 Å². The van der Waals surface area contributed by atoms with Crippen LogP contribution in [0, 0.1) is 0 Å². The highest BCUT2D eigenvalue weighted by molar-refractivity contribution is 9.10. The molecule has 6 nitrogen and oxygen atoms in total. The van der Waals surface area contributed by atoms with Gasteiger partial charge < -0.3 is 15.8 Å². The highest BCUT2D eigenvalue weighted by atomic mass is 79.9. The highest BCUT2D eigenvalue weighted by Gasteiger charge is 2.07. The Balaban J connectivity index is 2.05. The summed E-state index contributed by atoms with van der Waals surface area (Å²) in [4.78, 5) is 26.7. The first kappa shape index (κ1) is 15.0. The van der Waals surface area contributed by atoms with Crippen LogP contribution in [0.2, 0.25) is 0 Å². The first-order chi connectivity index (χ1) is 10.0. The van der Waals surface area contributed by atoms with E-state index in [1.165, 1.54) is 6.20 Å². The zero-order chi connectivity index (χ0) is 15.2. The maximum absolute atomic E-state index is 12.0. The molecule has 1 aromatic carbocycles. The fourth-order valence-corrected chi connectivity index (χ4v) is 1.77. The molecule has 0 radical (unpaired) electrons. The van der Waals surface area contributed by atoms with Gasteiger partial charge in [-0.05, 0) is 40.2 Å². The Morgan fingerprint density at radius 2 is 2.10 bits per heavy atom. The summed E-state index contributed by atoms with van der Waals surface area (Å²) in [6.07, 6.45) is 1.47. The average molecular weight is 350 g/mol. The lowest BCUT2D eigenvalue weighted by Crippen LogP contribution is -2.20. The number of nitrogens with one attached hydrogen (secondary N) is 1. The number of amides is 2. The minimum absolute atomic E-state index is 0.214. The van der Waals surface area contributed by atoms with Gasteiger partial charge in [-0.15, -0.1) is 0 Å². The van der Waals surface area contributed by atoms with E-state index in [0.29, 0.717) is 21.6 Å². The van der Waals surface area contributed by atoms with Gasteiger partial charge in [0.1, 0.15) is 10.4 Å². The number of carbonyl (C=O) groups excluding carboxylic acids is 2. The van der Waals surface area contributed by atoms with E-state index < -0.39 is 5.91 Å². The lowest BCUT2D eigenvalue weighted by Gasteiger charge is -2.08. The first-order valence-electron chi connectivity index (χ1n) is 5.98. The van der Waals surface area contributed by atoms with E-state index in [1.54, 1.807) is 36.4 Å². The van der Waals surface area contributed by atoms with E-state index in [0.717, 1.165) is 0 Å². The molecule has 7 heteroatoms. The number of halogens is 1. The van der Waals surface area contributed by atoms with Crippen LogP contribution in [0.25, 0.3) is 0 Å². The quantitative estimate of drug-likeness (QED) is 0.806. The molecule has 0 aliphatic rings. The van der Waals surface area contributed by atoms with E-state index in [1.807, 2.05) is 0 Å². The Morgan fingerprint density at radius 1 is 1.29 bits per heavy atom. The second-order valence-corrected chi connectivity index (χ2v) is 4.92. The van der Waals surface area contributed by atoms with Crippen molar-refractivity contribution >= 4 is 33.4 Å². The van der Waals surface area contributed by atoms with Crippen LogP contribution in [-0.2, 0) is 4.79 Å². The van der Waals surface area contributed by atoms with E-state index in [4.69, 9.17) is 10.5 Å². The van der Waals surface area contributed by atoms with E-state index in [9.17, 15) is 9.59 Å². The number of benzene rings is 1. The van der Waals surface area contributed by atoms with E-state index in [-0.39, 0.29) is 12.5 Å². The summed E-state index contributed by atoms with van der Waals surface area (Å²) in [6, 6.07) is 10.0. The molecule has 0 atom stereocenters. The molecular formula is C14H12BrN3O3. The van der Waals surface area contributed by atoms with Gasteiger partial charge in [0, 0.05) is 18.0 Å². The monoisotopic (exact) mass is 349 g/mol. The minimum atomic E-state index is -0.564. The molecule has 2 rings (SSSR count). The number of anilines is 1. The Bertz CT molecular complexity index is 659. The molecule has 0 saturated carbocycles. The summed E-state index contributed by atoms with van der Waals surface area (Å²) in [6.45, 7) is -0.214. The highest BCUT2D eigenvalue weighted by Crippen LogP contribution is 2.18. The molecule has 1 aromatic heterocycles. The number of carbonyl (C=O) groups is 2. The number of primary amides is 1. The number of ether oxygens (including phenoxy) is 1. The molecule has 21 heavy (non-hydrogen) atoms. The van der Waals surface area contributed by atoms with Gasteiger partial charge in [-0.3, -0.25) is 9.59 Å². The molecule has 0 saturated heterocycles. The largest absolute Gasteiger partial charge is 0.484 e. The van der Waals surface area contributed by atoms with Crippen LogP contribution in [0.1, 0.15) is 10.4 Å². The van der Waals surface area contributed by atoms with Crippen LogP contribution in [0.15, 0.2) is 47.2 Å². The molecule has 0 fully saturated rings. The molecule has 0 bridgehead atoms. The second kappa shape index (κ2) is 6.85. The number of rotatable bonds is 5. The molecule has 2 amide bonds. The zero-order valence-corrected chi connectivity index (χ0v) is 12.5. The molecule has 0 aliphatic heterocycles. The second-order valence-electron chi connectivity index (χ2n) is 4.11. The summed E-state index contributed by atoms with van der Waals surface area (Å²) in [7, 11) is 0. The van der Waals surface area contributed by atoms with Crippen LogP contribution >= 0.6 is 15.9 Å².